The van der Waals surface area contributed by atoms with Crippen molar-refractivity contribution in [1.29, 1.82) is 5.26 Å². The normalized spacial score (nSPS) is 10.7. The highest BCUT2D eigenvalue weighted by molar-refractivity contribution is 14.1. The minimum absolute atomic E-state index is 0.0558. The SMILES string of the molecule is C#CCOc1c(I)cc(/C=C(\C#N)C(=O)Cc2sc(C(=O)OCC)c(C)c2C(=O)OCC)cc1OC. The van der Waals surface area contributed by atoms with E-state index in [1.807, 2.05) is 28.7 Å². The summed E-state index contributed by atoms with van der Waals surface area (Å²) < 4.78 is 21.8. The molecule has 0 aliphatic rings. The van der Waals surface area contributed by atoms with Gasteiger partial charge in [-0.1, -0.05) is 5.92 Å². The fraction of sp³-hybridized carbons (Fsp3) is 0.308. The largest absolute Gasteiger partial charge is 0.493 e. The van der Waals surface area contributed by atoms with E-state index in [0.29, 0.717) is 31.1 Å². The third-order valence-electron chi connectivity index (χ3n) is 4.76. The van der Waals surface area contributed by atoms with E-state index in [9.17, 15) is 19.6 Å². The van der Waals surface area contributed by atoms with Gasteiger partial charge < -0.3 is 18.9 Å². The van der Waals surface area contributed by atoms with Gasteiger partial charge in [0.15, 0.2) is 17.3 Å². The van der Waals surface area contributed by atoms with E-state index in [2.05, 4.69) is 5.92 Å². The fourth-order valence-corrected chi connectivity index (χ4v) is 5.19. The summed E-state index contributed by atoms with van der Waals surface area (Å²) >= 11 is 3.03. The number of Topliss-reactive ketones (excluding diaryl/α,β-unsaturated/α-hetero) is 1. The van der Waals surface area contributed by atoms with Crippen LogP contribution in [0.2, 0.25) is 0 Å². The first kappa shape index (κ1) is 28.9. The number of thiophene rings is 1. The zero-order valence-corrected chi connectivity index (χ0v) is 23.2. The molecule has 0 N–H and O–H groups in total. The Kier molecular flexibility index (Phi) is 11.0. The van der Waals surface area contributed by atoms with Crippen molar-refractivity contribution in [3.05, 3.63) is 47.7 Å². The molecule has 0 unspecified atom stereocenters. The molecule has 0 saturated carbocycles. The minimum atomic E-state index is -0.645. The van der Waals surface area contributed by atoms with Crippen LogP contribution < -0.4 is 9.47 Å². The molecule has 36 heavy (non-hydrogen) atoms. The van der Waals surface area contributed by atoms with Crippen molar-refractivity contribution >= 4 is 57.7 Å². The van der Waals surface area contributed by atoms with E-state index in [0.717, 1.165) is 11.3 Å². The number of allylic oxidation sites excluding steroid dienone is 1. The van der Waals surface area contributed by atoms with E-state index >= 15 is 0 Å². The molecule has 0 aliphatic carbocycles. The van der Waals surface area contributed by atoms with Crippen molar-refractivity contribution < 1.29 is 33.3 Å². The summed E-state index contributed by atoms with van der Waals surface area (Å²) in [6.07, 6.45) is 6.42. The smallest absolute Gasteiger partial charge is 0.348 e. The molecule has 0 amide bonds. The molecule has 0 saturated heterocycles. The molecule has 10 heteroatoms. The van der Waals surface area contributed by atoms with Gasteiger partial charge in [-0.05, 0) is 72.7 Å². The van der Waals surface area contributed by atoms with E-state index < -0.39 is 17.7 Å². The van der Waals surface area contributed by atoms with Crippen molar-refractivity contribution in [3.63, 3.8) is 0 Å². The zero-order chi connectivity index (χ0) is 26.8. The van der Waals surface area contributed by atoms with Gasteiger partial charge in [-0.2, -0.15) is 5.26 Å². The molecule has 0 aliphatic heterocycles. The van der Waals surface area contributed by atoms with Gasteiger partial charge in [0.1, 0.15) is 17.6 Å². The molecule has 2 rings (SSSR count). The Labute approximate surface area is 227 Å². The molecule has 0 spiro atoms. The highest BCUT2D eigenvalue weighted by Crippen LogP contribution is 2.35. The number of ether oxygens (including phenoxy) is 4. The summed E-state index contributed by atoms with van der Waals surface area (Å²) in [6, 6.07) is 5.26. The van der Waals surface area contributed by atoms with Gasteiger partial charge in [-0.15, -0.1) is 17.8 Å². The number of hydrogen-bond donors (Lipinski definition) is 0. The quantitative estimate of drug-likeness (QED) is 0.116. The summed E-state index contributed by atoms with van der Waals surface area (Å²) in [5, 5.41) is 9.70. The van der Waals surface area contributed by atoms with E-state index in [1.165, 1.54) is 13.2 Å². The lowest BCUT2D eigenvalue weighted by atomic mass is 10.0. The first-order valence-corrected chi connectivity index (χ1v) is 12.7. The molecule has 1 aromatic heterocycles. The molecule has 2 aromatic rings. The number of esters is 2. The zero-order valence-electron chi connectivity index (χ0n) is 20.2. The van der Waals surface area contributed by atoms with Crippen molar-refractivity contribution in [1.82, 2.24) is 0 Å². The van der Waals surface area contributed by atoms with Crippen LogP contribution >= 0.6 is 33.9 Å². The van der Waals surface area contributed by atoms with Gasteiger partial charge in [0.25, 0.3) is 0 Å². The average molecular weight is 621 g/mol. The van der Waals surface area contributed by atoms with Crippen LogP contribution in [0.3, 0.4) is 0 Å². The topological polar surface area (TPSA) is 112 Å². The molecule has 1 heterocycles. The lowest BCUT2D eigenvalue weighted by Gasteiger charge is -2.12. The molecule has 8 nitrogen and oxygen atoms in total. The maximum Gasteiger partial charge on any atom is 0.348 e. The third-order valence-corrected chi connectivity index (χ3v) is 6.84. The molecular weight excluding hydrogens is 597 g/mol. The second kappa shape index (κ2) is 13.7. The highest BCUT2D eigenvalue weighted by Gasteiger charge is 2.28. The van der Waals surface area contributed by atoms with Gasteiger partial charge in [0.05, 0.1) is 35.0 Å². The van der Waals surface area contributed by atoms with Gasteiger partial charge in [0.2, 0.25) is 0 Å². The Hall–Kier alpha value is -3.35. The predicted molar refractivity (Wildman–Crippen MR) is 143 cm³/mol. The number of ketones is 1. The molecule has 0 bridgehead atoms. The summed E-state index contributed by atoms with van der Waals surface area (Å²) in [5.74, 6) is 1.48. The third kappa shape index (κ3) is 6.86. The monoisotopic (exact) mass is 621 g/mol. The Morgan fingerprint density at radius 3 is 2.42 bits per heavy atom. The Balaban J connectivity index is 2.46. The van der Waals surface area contributed by atoms with Gasteiger partial charge >= 0.3 is 11.9 Å². The van der Waals surface area contributed by atoms with E-state index in [1.54, 1.807) is 32.9 Å². The molecule has 0 fully saturated rings. The number of benzene rings is 1. The predicted octanol–water partition coefficient (Wildman–Crippen LogP) is 4.75. The lowest BCUT2D eigenvalue weighted by Crippen LogP contribution is -2.12. The lowest BCUT2D eigenvalue weighted by molar-refractivity contribution is -0.114. The number of nitriles is 1. The second-order valence-electron chi connectivity index (χ2n) is 7.09. The maximum absolute atomic E-state index is 13.1. The Bertz CT molecular complexity index is 1280. The van der Waals surface area contributed by atoms with Crippen molar-refractivity contribution in [3.8, 4) is 29.9 Å². The van der Waals surface area contributed by atoms with Crippen LogP contribution in [-0.2, 0) is 20.7 Å². The van der Waals surface area contributed by atoms with Gasteiger partial charge in [0, 0.05) is 11.3 Å². The van der Waals surface area contributed by atoms with Crippen LogP contribution in [0.25, 0.3) is 6.08 Å². The molecule has 0 atom stereocenters. The Morgan fingerprint density at radius 1 is 1.17 bits per heavy atom. The average Bonchev–Trinajstić information content (AvgIpc) is 3.17. The van der Waals surface area contributed by atoms with E-state index in [-0.39, 0.29) is 42.3 Å². The second-order valence-corrected chi connectivity index (χ2v) is 9.36. The standard InChI is InChI=1S/C26H24INO7S/c1-6-9-35-23-18(27)11-16(12-20(23)32-5)10-17(14-28)19(29)13-21-22(25(30)33-7-2)15(4)24(36-21)26(31)34-8-3/h1,10-12H,7-9,13H2,2-5H3/b17-10+. The number of carbonyl (C=O) groups is 3. The highest BCUT2D eigenvalue weighted by atomic mass is 127. The van der Waals surface area contributed by atoms with Crippen molar-refractivity contribution in [2.45, 2.75) is 27.2 Å². The summed E-state index contributed by atoms with van der Waals surface area (Å²) in [5.41, 5.74) is 0.920. The fourth-order valence-electron chi connectivity index (χ4n) is 3.22. The van der Waals surface area contributed by atoms with Crippen LogP contribution in [0.4, 0.5) is 0 Å². The summed E-state index contributed by atoms with van der Waals surface area (Å²) in [7, 11) is 1.47. The van der Waals surface area contributed by atoms with E-state index in [4.69, 9.17) is 25.4 Å². The van der Waals surface area contributed by atoms with Crippen LogP contribution in [0, 0.1) is 34.2 Å². The molecular formula is C26H24INO7S. The number of rotatable bonds is 11. The van der Waals surface area contributed by atoms with Crippen LogP contribution in [0.5, 0.6) is 11.5 Å². The van der Waals surface area contributed by atoms with Crippen LogP contribution in [0.1, 0.15) is 49.9 Å². The molecule has 0 radical (unpaired) electrons. The van der Waals surface area contributed by atoms with Crippen molar-refractivity contribution in [2.75, 3.05) is 26.9 Å². The number of methoxy groups -OCH3 is 1. The summed E-state index contributed by atoms with van der Waals surface area (Å²) in [6.45, 7) is 5.27. The minimum Gasteiger partial charge on any atom is -0.493 e. The van der Waals surface area contributed by atoms with Crippen LogP contribution in [0.15, 0.2) is 17.7 Å². The van der Waals surface area contributed by atoms with Gasteiger partial charge in [-0.25, -0.2) is 9.59 Å². The summed E-state index contributed by atoms with van der Waals surface area (Å²) in [4.78, 5) is 38.6. The first-order valence-electron chi connectivity index (χ1n) is 10.8. The Morgan fingerprint density at radius 2 is 1.83 bits per heavy atom. The number of halogens is 1. The number of terminal acetylenes is 1. The number of carbonyl (C=O) groups excluding carboxylic acids is 3. The van der Waals surface area contributed by atoms with Crippen molar-refractivity contribution in [2.24, 2.45) is 0 Å². The molecule has 1 aromatic carbocycles. The first-order chi connectivity index (χ1) is 17.2. The van der Waals surface area contributed by atoms with Gasteiger partial charge in [-0.3, -0.25) is 4.79 Å². The molecule has 188 valence electrons. The number of hydrogen-bond acceptors (Lipinski definition) is 9. The maximum atomic E-state index is 13.1. The number of nitrogens with zero attached hydrogens (tertiary/aromatic N) is 1. The van der Waals surface area contributed by atoms with Crippen LogP contribution in [-0.4, -0.2) is 44.7 Å².